The number of rotatable bonds is 3. The van der Waals surface area contributed by atoms with Gasteiger partial charge in [-0.1, -0.05) is 20.8 Å². The fourth-order valence-corrected chi connectivity index (χ4v) is 0.855. The Balaban J connectivity index is 3.47. The molecule has 0 aliphatic heterocycles. The average Bonchev–Trinajstić information content (AvgIpc) is 1.82. The first kappa shape index (κ1) is 8.49. The Morgan fingerprint density at radius 1 is 1.44 bits per heavy atom. The summed E-state index contributed by atoms with van der Waals surface area (Å²) in [5.41, 5.74) is 0. The summed E-state index contributed by atoms with van der Waals surface area (Å²) in [6.07, 6.45) is 2.06. The van der Waals surface area contributed by atoms with E-state index in [-0.39, 0.29) is 6.04 Å². The van der Waals surface area contributed by atoms with Crippen molar-refractivity contribution < 1.29 is 0 Å². The average molecular weight is 125 g/mol. The standard InChI is InChI=1S/C8H15N/c1-5-8(9-4)6-7(2)3/h7-8H,5-6H2,1-3H3/t8-/m0/s1. The molecule has 0 rings (SSSR count). The minimum absolute atomic E-state index is 0.269. The predicted octanol–water partition coefficient (Wildman–Crippen LogP) is 2.73. The second-order valence-electron chi connectivity index (χ2n) is 2.82. The normalized spacial score (nSPS) is 13.2. The van der Waals surface area contributed by atoms with Crippen LogP contribution in [0.15, 0.2) is 0 Å². The predicted molar refractivity (Wildman–Crippen MR) is 40.1 cm³/mol. The van der Waals surface area contributed by atoms with Crippen LogP contribution in [-0.4, -0.2) is 6.04 Å². The zero-order valence-corrected chi connectivity index (χ0v) is 6.52. The molecule has 0 aromatic carbocycles. The molecule has 1 atom stereocenters. The monoisotopic (exact) mass is 125 g/mol. The van der Waals surface area contributed by atoms with Gasteiger partial charge in [0.15, 0.2) is 0 Å². The van der Waals surface area contributed by atoms with Crippen molar-refractivity contribution in [3.05, 3.63) is 11.4 Å². The van der Waals surface area contributed by atoms with E-state index in [4.69, 9.17) is 6.57 Å². The van der Waals surface area contributed by atoms with E-state index in [0.717, 1.165) is 12.8 Å². The Morgan fingerprint density at radius 3 is 2.11 bits per heavy atom. The van der Waals surface area contributed by atoms with Crippen LogP contribution < -0.4 is 0 Å². The van der Waals surface area contributed by atoms with Gasteiger partial charge >= 0.3 is 0 Å². The molecule has 52 valence electrons. The molecule has 0 unspecified atom stereocenters. The number of hydrogen-bond donors (Lipinski definition) is 0. The molecule has 0 N–H and O–H groups in total. The summed E-state index contributed by atoms with van der Waals surface area (Å²) in [6, 6.07) is 0.269. The van der Waals surface area contributed by atoms with Crippen molar-refractivity contribution in [3.8, 4) is 0 Å². The Morgan fingerprint density at radius 2 is 2.00 bits per heavy atom. The Labute approximate surface area is 57.9 Å². The third-order valence-corrected chi connectivity index (χ3v) is 1.40. The fourth-order valence-electron chi connectivity index (χ4n) is 0.855. The van der Waals surface area contributed by atoms with Crippen molar-refractivity contribution in [3.63, 3.8) is 0 Å². The molecule has 0 heterocycles. The highest BCUT2D eigenvalue weighted by Gasteiger charge is 2.10. The van der Waals surface area contributed by atoms with Gasteiger partial charge < -0.3 is 4.85 Å². The summed E-state index contributed by atoms with van der Waals surface area (Å²) < 4.78 is 0. The van der Waals surface area contributed by atoms with Gasteiger partial charge in [-0.05, 0) is 5.92 Å². The number of hydrogen-bond acceptors (Lipinski definition) is 0. The molecule has 1 heteroatoms. The highest BCUT2D eigenvalue weighted by atomic mass is 14.7. The van der Waals surface area contributed by atoms with Gasteiger partial charge in [0.2, 0.25) is 6.04 Å². The molecule has 9 heavy (non-hydrogen) atoms. The van der Waals surface area contributed by atoms with Crippen LogP contribution in [0.1, 0.15) is 33.6 Å². The van der Waals surface area contributed by atoms with Gasteiger partial charge in [0.1, 0.15) is 0 Å². The molecule has 0 aromatic rings. The first-order valence-electron chi connectivity index (χ1n) is 3.57. The third-order valence-electron chi connectivity index (χ3n) is 1.40. The molecule has 0 bridgehead atoms. The lowest BCUT2D eigenvalue weighted by atomic mass is 10.0. The Hall–Kier alpha value is -0.510. The third kappa shape index (κ3) is 4.02. The summed E-state index contributed by atoms with van der Waals surface area (Å²) in [5.74, 6) is 0.670. The van der Waals surface area contributed by atoms with Crippen LogP contribution in [0.25, 0.3) is 4.85 Å². The second-order valence-corrected chi connectivity index (χ2v) is 2.82. The van der Waals surface area contributed by atoms with Gasteiger partial charge in [-0.15, -0.1) is 0 Å². The van der Waals surface area contributed by atoms with E-state index < -0.39 is 0 Å². The summed E-state index contributed by atoms with van der Waals surface area (Å²) in [7, 11) is 0. The lowest BCUT2D eigenvalue weighted by Crippen LogP contribution is -2.03. The van der Waals surface area contributed by atoms with Crippen molar-refractivity contribution in [2.24, 2.45) is 5.92 Å². The van der Waals surface area contributed by atoms with Gasteiger partial charge in [-0.3, -0.25) is 0 Å². The van der Waals surface area contributed by atoms with E-state index in [0.29, 0.717) is 5.92 Å². The molecule has 0 aliphatic carbocycles. The fraction of sp³-hybridized carbons (Fsp3) is 0.875. The maximum absolute atomic E-state index is 6.78. The summed E-state index contributed by atoms with van der Waals surface area (Å²) in [5, 5.41) is 0. The largest absolute Gasteiger partial charge is 0.314 e. The maximum Gasteiger partial charge on any atom is 0.223 e. The van der Waals surface area contributed by atoms with Crippen LogP contribution in [-0.2, 0) is 0 Å². The van der Waals surface area contributed by atoms with Crippen molar-refractivity contribution >= 4 is 0 Å². The van der Waals surface area contributed by atoms with Crippen molar-refractivity contribution in [1.82, 2.24) is 0 Å². The van der Waals surface area contributed by atoms with Crippen LogP contribution in [0, 0.1) is 12.5 Å². The van der Waals surface area contributed by atoms with Crippen molar-refractivity contribution in [2.75, 3.05) is 0 Å². The summed E-state index contributed by atoms with van der Waals surface area (Å²) >= 11 is 0. The van der Waals surface area contributed by atoms with Gasteiger partial charge in [-0.2, -0.15) is 0 Å². The van der Waals surface area contributed by atoms with E-state index in [1.807, 2.05) is 0 Å². The van der Waals surface area contributed by atoms with E-state index in [2.05, 4.69) is 25.6 Å². The van der Waals surface area contributed by atoms with E-state index in [1.54, 1.807) is 0 Å². The van der Waals surface area contributed by atoms with Crippen LogP contribution in [0.2, 0.25) is 0 Å². The molecular weight excluding hydrogens is 110 g/mol. The van der Waals surface area contributed by atoms with Gasteiger partial charge in [0.25, 0.3) is 0 Å². The van der Waals surface area contributed by atoms with Crippen molar-refractivity contribution in [1.29, 1.82) is 0 Å². The van der Waals surface area contributed by atoms with Crippen molar-refractivity contribution in [2.45, 2.75) is 39.7 Å². The highest BCUT2D eigenvalue weighted by molar-refractivity contribution is 4.77. The zero-order valence-electron chi connectivity index (χ0n) is 6.52. The molecule has 0 fully saturated rings. The number of nitrogens with zero attached hydrogens (tertiary/aromatic N) is 1. The molecule has 0 amide bonds. The van der Waals surface area contributed by atoms with Gasteiger partial charge in [-0.25, -0.2) is 6.57 Å². The first-order valence-corrected chi connectivity index (χ1v) is 3.57. The second kappa shape index (κ2) is 4.38. The molecule has 0 aliphatic rings. The lowest BCUT2D eigenvalue weighted by molar-refractivity contribution is 0.526. The molecule has 0 radical (unpaired) electrons. The van der Waals surface area contributed by atoms with Gasteiger partial charge in [0, 0.05) is 12.8 Å². The molecular formula is C8H15N. The molecule has 0 aromatic heterocycles. The highest BCUT2D eigenvalue weighted by Crippen LogP contribution is 2.10. The zero-order chi connectivity index (χ0) is 7.28. The lowest BCUT2D eigenvalue weighted by Gasteiger charge is -2.03. The van der Waals surface area contributed by atoms with Gasteiger partial charge in [0.05, 0.1) is 0 Å². The molecule has 1 nitrogen and oxygen atoms in total. The Kier molecular flexibility index (Phi) is 4.13. The van der Waals surface area contributed by atoms with Crippen LogP contribution in [0.3, 0.4) is 0 Å². The quantitative estimate of drug-likeness (QED) is 0.511. The smallest absolute Gasteiger partial charge is 0.223 e. The first-order chi connectivity index (χ1) is 4.20. The summed E-state index contributed by atoms with van der Waals surface area (Å²) in [4.78, 5) is 3.50. The van der Waals surface area contributed by atoms with E-state index in [1.165, 1.54) is 0 Å². The Bertz CT molecular complexity index is 99.6. The molecule has 0 saturated carbocycles. The van der Waals surface area contributed by atoms with Crippen LogP contribution in [0.4, 0.5) is 0 Å². The minimum atomic E-state index is 0.269. The summed E-state index contributed by atoms with van der Waals surface area (Å²) in [6.45, 7) is 13.2. The SMILES string of the molecule is [C-]#[N+][C@@H](CC)CC(C)C. The van der Waals surface area contributed by atoms with E-state index >= 15 is 0 Å². The molecule has 0 spiro atoms. The topological polar surface area (TPSA) is 4.36 Å². The molecule has 0 saturated heterocycles. The van der Waals surface area contributed by atoms with Crippen LogP contribution >= 0.6 is 0 Å². The maximum atomic E-state index is 6.78. The van der Waals surface area contributed by atoms with E-state index in [9.17, 15) is 0 Å². The van der Waals surface area contributed by atoms with Crippen LogP contribution in [0.5, 0.6) is 0 Å². The minimum Gasteiger partial charge on any atom is -0.314 e.